The van der Waals surface area contributed by atoms with Gasteiger partial charge in [-0.05, 0) is 58.6 Å². The van der Waals surface area contributed by atoms with Crippen molar-refractivity contribution >= 4 is 29.8 Å². The van der Waals surface area contributed by atoms with Gasteiger partial charge in [-0.3, -0.25) is 19.2 Å². The number of nitrogens with one attached hydrogen (secondary N) is 2. The molecule has 14 nitrogen and oxygen atoms in total. The number of hydrogen-bond donors (Lipinski definition) is 3. The van der Waals surface area contributed by atoms with Gasteiger partial charge < -0.3 is 35.0 Å². The molecule has 1 aromatic carbocycles. The lowest BCUT2D eigenvalue weighted by atomic mass is 9.79. The van der Waals surface area contributed by atoms with Gasteiger partial charge in [0.05, 0.1) is 12.3 Å². The quantitative estimate of drug-likeness (QED) is 0.324. The van der Waals surface area contributed by atoms with E-state index in [2.05, 4.69) is 15.7 Å². The predicted octanol–water partition coefficient (Wildman–Crippen LogP) is 1.96. The Hall–Kier alpha value is -4.62. The first-order valence-electron chi connectivity index (χ1n) is 14.9. The molecular formula is C30H40N6O8. The summed E-state index contributed by atoms with van der Waals surface area (Å²) in [6, 6.07) is 9.17. The second kappa shape index (κ2) is 14.2. The van der Waals surface area contributed by atoms with Crippen LogP contribution in [0.3, 0.4) is 0 Å². The third kappa shape index (κ3) is 7.66. The van der Waals surface area contributed by atoms with E-state index in [9.17, 15) is 29.1 Å². The molecule has 1 aromatic heterocycles. The standard InChI is InChI=1S/C30H40N6O8/c1-4-43-29(42)35-17-15-34(16-18-35)27(40)22(11-12-25(37)38)32-26(39)23-19-24(36(33-23)21-9-6-5-7-10-21)44-30(13-8-14-30)28(41)31-20(2)3/h5-7,9-10,19-20,22H,4,8,11-18H2,1-3H3,(H,31,41)(H,32,39)(H,37,38)/t22-/m0/s1. The van der Waals surface area contributed by atoms with Crippen LogP contribution in [0.2, 0.25) is 0 Å². The average molecular weight is 613 g/mol. The van der Waals surface area contributed by atoms with Gasteiger partial charge in [-0.25, -0.2) is 9.48 Å². The van der Waals surface area contributed by atoms with E-state index in [1.807, 2.05) is 19.9 Å². The van der Waals surface area contributed by atoms with Crippen LogP contribution in [0.1, 0.15) is 63.4 Å². The van der Waals surface area contributed by atoms with Gasteiger partial charge in [-0.1, -0.05) is 18.2 Å². The Balaban J connectivity index is 1.55. The van der Waals surface area contributed by atoms with Crippen LogP contribution in [-0.2, 0) is 19.1 Å². The van der Waals surface area contributed by atoms with E-state index in [0.29, 0.717) is 18.5 Å². The molecule has 2 fully saturated rings. The van der Waals surface area contributed by atoms with Crippen LogP contribution in [0, 0.1) is 0 Å². The lowest BCUT2D eigenvalue weighted by Gasteiger charge is -2.40. The lowest BCUT2D eigenvalue weighted by molar-refractivity contribution is -0.145. The van der Waals surface area contributed by atoms with E-state index < -0.39 is 35.5 Å². The highest BCUT2D eigenvalue weighted by Crippen LogP contribution is 2.38. The second-order valence-electron chi connectivity index (χ2n) is 11.2. The van der Waals surface area contributed by atoms with Gasteiger partial charge in [-0.15, -0.1) is 0 Å². The molecule has 0 spiro atoms. The van der Waals surface area contributed by atoms with Crippen molar-refractivity contribution in [2.24, 2.45) is 0 Å². The highest BCUT2D eigenvalue weighted by Gasteiger charge is 2.48. The normalized spacial score (nSPS) is 16.5. The van der Waals surface area contributed by atoms with E-state index >= 15 is 0 Å². The van der Waals surface area contributed by atoms with Crippen LogP contribution in [0.5, 0.6) is 5.88 Å². The molecule has 1 aliphatic carbocycles. The third-order valence-electron chi connectivity index (χ3n) is 7.57. The predicted molar refractivity (Wildman–Crippen MR) is 157 cm³/mol. The molecule has 2 heterocycles. The molecule has 0 radical (unpaired) electrons. The molecule has 14 heteroatoms. The average Bonchev–Trinajstić information content (AvgIpc) is 3.40. The van der Waals surface area contributed by atoms with Crippen LogP contribution < -0.4 is 15.4 Å². The van der Waals surface area contributed by atoms with Gasteiger partial charge in [0.15, 0.2) is 11.3 Å². The Morgan fingerprint density at radius 2 is 1.66 bits per heavy atom. The number of ether oxygens (including phenoxy) is 2. The summed E-state index contributed by atoms with van der Waals surface area (Å²) < 4.78 is 12.8. The Morgan fingerprint density at radius 1 is 1.00 bits per heavy atom. The van der Waals surface area contributed by atoms with Crippen LogP contribution in [0.4, 0.5) is 4.79 Å². The maximum Gasteiger partial charge on any atom is 0.409 e. The molecule has 0 unspecified atom stereocenters. The number of aliphatic carboxylic acids is 1. The highest BCUT2D eigenvalue weighted by molar-refractivity contribution is 5.96. The number of rotatable bonds is 12. The summed E-state index contributed by atoms with van der Waals surface area (Å²) in [4.78, 5) is 66.5. The summed E-state index contributed by atoms with van der Waals surface area (Å²) in [7, 11) is 0. The lowest BCUT2D eigenvalue weighted by Crippen LogP contribution is -2.57. The van der Waals surface area contributed by atoms with Gasteiger partial charge in [-0.2, -0.15) is 5.10 Å². The summed E-state index contributed by atoms with van der Waals surface area (Å²) in [5, 5.41) is 19.3. The summed E-state index contributed by atoms with van der Waals surface area (Å²) in [6.45, 7) is 6.58. The second-order valence-corrected chi connectivity index (χ2v) is 11.2. The summed E-state index contributed by atoms with van der Waals surface area (Å²) in [5.41, 5.74) is -0.572. The van der Waals surface area contributed by atoms with Crippen molar-refractivity contribution < 1.29 is 38.6 Å². The van der Waals surface area contributed by atoms with E-state index in [1.54, 1.807) is 31.2 Å². The van der Waals surface area contributed by atoms with Crippen molar-refractivity contribution in [3.63, 3.8) is 0 Å². The fourth-order valence-corrected chi connectivity index (χ4v) is 5.07. The van der Waals surface area contributed by atoms with E-state index in [0.717, 1.165) is 6.42 Å². The molecule has 44 heavy (non-hydrogen) atoms. The van der Waals surface area contributed by atoms with Crippen LogP contribution >= 0.6 is 0 Å². The number of para-hydroxylation sites is 1. The molecular weight excluding hydrogens is 572 g/mol. The number of carboxylic acid groups (broad SMARTS) is 1. The zero-order chi connectivity index (χ0) is 31.9. The Labute approximate surface area is 255 Å². The topological polar surface area (TPSA) is 172 Å². The van der Waals surface area contributed by atoms with Gasteiger partial charge in [0.25, 0.3) is 11.8 Å². The zero-order valence-electron chi connectivity index (χ0n) is 25.3. The van der Waals surface area contributed by atoms with E-state index in [-0.39, 0.29) is 69.2 Å². The minimum Gasteiger partial charge on any atom is -0.481 e. The molecule has 0 bridgehead atoms. The molecule has 1 saturated carbocycles. The first kappa shape index (κ1) is 32.3. The minimum atomic E-state index is -1.14. The SMILES string of the molecule is CCOC(=O)N1CCN(C(=O)[C@H](CCC(=O)O)NC(=O)c2cc(OC3(C(=O)NC(C)C)CCC3)n(-c3ccccc3)n2)CC1. The number of piperazine rings is 1. The van der Waals surface area contributed by atoms with Gasteiger partial charge >= 0.3 is 12.1 Å². The number of benzene rings is 1. The minimum absolute atomic E-state index is 0.0668. The number of aromatic nitrogens is 2. The van der Waals surface area contributed by atoms with Crippen LogP contribution in [0.15, 0.2) is 36.4 Å². The van der Waals surface area contributed by atoms with E-state index in [4.69, 9.17) is 9.47 Å². The highest BCUT2D eigenvalue weighted by atomic mass is 16.6. The van der Waals surface area contributed by atoms with Crippen molar-refractivity contribution in [3.05, 3.63) is 42.1 Å². The van der Waals surface area contributed by atoms with Crippen molar-refractivity contribution in [1.82, 2.24) is 30.2 Å². The van der Waals surface area contributed by atoms with Crippen LogP contribution in [0.25, 0.3) is 5.69 Å². The molecule has 1 aliphatic heterocycles. The summed E-state index contributed by atoms with van der Waals surface area (Å²) in [6.07, 6.45) is 0.858. The van der Waals surface area contributed by atoms with Crippen LogP contribution in [-0.4, -0.2) is 105 Å². The maximum atomic E-state index is 13.5. The molecule has 3 N–H and O–H groups in total. The number of carbonyl (C=O) groups excluding carboxylic acids is 4. The molecule has 4 rings (SSSR count). The number of carboxylic acids is 1. The van der Waals surface area contributed by atoms with Crippen molar-refractivity contribution in [1.29, 1.82) is 0 Å². The Bertz CT molecular complexity index is 1350. The number of amides is 4. The Morgan fingerprint density at radius 3 is 2.23 bits per heavy atom. The van der Waals surface area contributed by atoms with E-state index in [1.165, 1.54) is 20.5 Å². The maximum absolute atomic E-state index is 13.5. The number of hydrogen-bond acceptors (Lipinski definition) is 8. The Kier molecular flexibility index (Phi) is 10.4. The number of carbonyl (C=O) groups is 5. The molecule has 1 saturated heterocycles. The smallest absolute Gasteiger partial charge is 0.409 e. The third-order valence-corrected chi connectivity index (χ3v) is 7.57. The first-order valence-corrected chi connectivity index (χ1v) is 14.9. The molecule has 4 amide bonds. The summed E-state index contributed by atoms with van der Waals surface area (Å²) in [5.74, 6) is -2.33. The van der Waals surface area contributed by atoms with Gasteiger partial charge in [0.2, 0.25) is 11.8 Å². The fraction of sp³-hybridized carbons (Fsp3) is 0.533. The van der Waals surface area contributed by atoms with Gasteiger partial charge in [0, 0.05) is 44.7 Å². The molecule has 1 atom stereocenters. The molecule has 238 valence electrons. The first-order chi connectivity index (χ1) is 21.0. The zero-order valence-corrected chi connectivity index (χ0v) is 25.3. The van der Waals surface area contributed by atoms with Crippen molar-refractivity contribution in [2.75, 3.05) is 32.8 Å². The molecule has 2 aliphatic rings. The molecule has 2 aromatic rings. The monoisotopic (exact) mass is 612 g/mol. The largest absolute Gasteiger partial charge is 0.481 e. The van der Waals surface area contributed by atoms with Gasteiger partial charge in [0.1, 0.15) is 6.04 Å². The fourth-order valence-electron chi connectivity index (χ4n) is 5.07. The van der Waals surface area contributed by atoms with Crippen molar-refractivity contribution in [2.45, 2.75) is 70.6 Å². The van der Waals surface area contributed by atoms with Crippen molar-refractivity contribution in [3.8, 4) is 11.6 Å². The number of nitrogens with zero attached hydrogens (tertiary/aromatic N) is 4. The summed E-state index contributed by atoms with van der Waals surface area (Å²) >= 11 is 0.